The van der Waals surface area contributed by atoms with Crippen LogP contribution in [0.25, 0.3) is 11.0 Å². The van der Waals surface area contributed by atoms with Gasteiger partial charge in [0.1, 0.15) is 11.1 Å². The molecule has 0 unspecified atom stereocenters. The third kappa shape index (κ3) is 1.89. The van der Waals surface area contributed by atoms with Gasteiger partial charge in [0.2, 0.25) is 11.2 Å². The molecule has 90 valence electrons. The fourth-order valence-corrected chi connectivity index (χ4v) is 1.80. The highest BCUT2D eigenvalue weighted by molar-refractivity contribution is 6.28. The Morgan fingerprint density at radius 2 is 2.06 bits per heavy atom. The summed E-state index contributed by atoms with van der Waals surface area (Å²) >= 11 is 5.84. The number of aromatic nitrogens is 4. The van der Waals surface area contributed by atoms with Crippen molar-refractivity contribution in [1.82, 2.24) is 20.2 Å². The molecule has 0 spiro atoms. The number of H-pyrrole nitrogens is 1. The Labute approximate surface area is 108 Å². The number of benzene rings is 1. The van der Waals surface area contributed by atoms with Gasteiger partial charge in [0.25, 0.3) is 0 Å². The van der Waals surface area contributed by atoms with Crippen LogP contribution in [0.5, 0.6) is 11.6 Å². The smallest absolute Gasteiger partial charge is 0.234 e. The average molecular weight is 261 g/mol. The van der Waals surface area contributed by atoms with Crippen LogP contribution in [0.2, 0.25) is 5.28 Å². The van der Waals surface area contributed by atoms with Gasteiger partial charge in [-0.25, -0.2) is 0 Å². The Kier molecular flexibility index (Phi) is 2.60. The Hall–Kier alpha value is -2.14. The van der Waals surface area contributed by atoms with E-state index < -0.39 is 0 Å². The molecular weight excluding hydrogens is 252 g/mol. The lowest BCUT2D eigenvalue weighted by Gasteiger charge is -2.07. The van der Waals surface area contributed by atoms with Crippen molar-refractivity contribution in [2.45, 2.75) is 6.92 Å². The van der Waals surface area contributed by atoms with Crippen molar-refractivity contribution in [2.75, 3.05) is 0 Å². The first-order valence-corrected chi connectivity index (χ1v) is 5.72. The highest BCUT2D eigenvalue weighted by atomic mass is 35.5. The highest BCUT2D eigenvalue weighted by Crippen LogP contribution is 2.28. The van der Waals surface area contributed by atoms with E-state index in [9.17, 15) is 0 Å². The number of halogens is 1. The minimum atomic E-state index is 0.121. The minimum absolute atomic E-state index is 0.121. The number of aromatic amines is 1. The molecule has 1 N–H and O–H groups in total. The predicted molar refractivity (Wildman–Crippen MR) is 67.9 cm³/mol. The van der Waals surface area contributed by atoms with Crippen LogP contribution in [-0.4, -0.2) is 20.2 Å². The molecule has 3 aromatic rings. The van der Waals surface area contributed by atoms with Gasteiger partial charge in [-0.1, -0.05) is 18.2 Å². The van der Waals surface area contributed by atoms with Crippen LogP contribution >= 0.6 is 11.6 Å². The molecule has 0 saturated heterocycles. The number of nitrogens with zero attached hydrogens (tertiary/aromatic N) is 3. The van der Waals surface area contributed by atoms with E-state index in [-0.39, 0.29) is 5.28 Å². The lowest BCUT2D eigenvalue weighted by Crippen LogP contribution is -1.93. The molecule has 5 nitrogen and oxygen atoms in total. The van der Waals surface area contributed by atoms with Gasteiger partial charge in [-0.15, -0.1) is 0 Å². The SMILES string of the molecule is Cc1ccccc1Oc1nc(Cl)nc2[nH]ncc12. The second-order valence-electron chi connectivity index (χ2n) is 3.80. The van der Waals surface area contributed by atoms with Crippen LogP contribution in [0.1, 0.15) is 5.56 Å². The number of nitrogens with one attached hydrogen (secondary N) is 1. The summed E-state index contributed by atoms with van der Waals surface area (Å²) in [7, 11) is 0. The second-order valence-corrected chi connectivity index (χ2v) is 4.14. The van der Waals surface area contributed by atoms with Crippen LogP contribution in [0, 0.1) is 6.92 Å². The summed E-state index contributed by atoms with van der Waals surface area (Å²) in [5.74, 6) is 1.13. The summed E-state index contributed by atoms with van der Waals surface area (Å²) in [6, 6.07) is 7.68. The third-order valence-corrected chi connectivity index (χ3v) is 2.72. The van der Waals surface area contributed by atoms with E-state index >= 15 is 0 Å². The number of para-hydroxylation sites is 1. The summed E-state index contributed by atoms with van der Waals surface area (Å²) < 4.78 is 5.77. The second kappa shape index (κ2) is 4.27. The monoisotopic (exact) mass is 260 g/mol. The summed E-state index contributed by atoms with van der Waals surface area (Å²) in [4.78, 5) is 8.10. The zero-order chi connectivity index (χ0) is 12.5. The zero-order valence-electron chi connectivity index (χ0n) is 9.51. The molecule has 2 aromatic heterocycles. The van der Waals surface area contributed by atoms with Gasteiger partial charge in [0.15, 0.2) is 5.65 Å². The summed E-state index contributed by atoms with van der Waals surface area (Å²) in [6.07, 6.45) is 1.61. The molecule has 0 aliphatic heterocycles. The third-order valence-electron chi connectivity index (χ3n) is 2.55. The van der Waals surface area contributed by atoms with Gasteiger partial charge < -0.3 is 4.74 Å². The van der Waals surface area contributed by atoms with Crippen molar-refractivity contribution >= 4 is 22.6 Å². The van der Waals surface area contributed by atoms with Crippen LogP contribution in [-0.2, 0) is 0 Å². The summed E-state index contributed by atoms with van der Waals surface area (Å²) in [6.45, 7) is 1.96. The first-order chi connectivity index (χ1) is 8.74. The van der Waals surface area contributed by atoms with E-state index in [4.69, 9.17) is 16.3 Å². The van der Waals surface area contributed by atoms with Crippen LogP contribution in [0.15, 0.2) is 30.5 Å². The van der Waals surface area contributed by atoms with E-state index in [1.165, 1.54) is 0 Å². The van der Waals surface area contributed by atoms with E-state index in [2.05, 4.69) is 20.2 Å². The maximum Gasteiger partial charge on any atom is 0.234 e. The van der Waals surface area contributed by atoms with Gasteiger partial charge in [-0.2, -0.15) is 15.1 Å². The van der Waals surface area contributed by atoms with E-state index in [0.717, 1.165) is 11.3 Å². The average Bonchev–Trinajstić information content (AvgIpc) is 2.80. The molecule has 0 amide bonds. The largest absolute Gasteiger partial charge is 0.438 e. The topological polar surface area (TPSA) is 63.7 Å². The summed E-state index contributed by atoms with van der Waals surface area (Å²) in [5.41, 5.74) is 1.57. The van der Waals surface area contributed by atoms with E-state index in [0.29, 0.717) is 16.9 Å². The van der Waals surface area contributed by atoms with Crippen LogP contribution < -0.4 is 4.74 Å². The first-order valence-electron chi connectivity index (χ1n) is 5.34. The molecular formula is C12H9ClN4O. The predicted octanol–water partition coefficient (Wildman–Crippen LogP) is 3.11. The van der Waals surface area contributed by atoms with Crippen molar-refractivity contribution in [3.8, 4) is 11.6 Å². The zero-order valence-corrected chi connectivity index (χ0v) is 10.3. The van der Waals surface area contributed by atoms with Crippen molar-refractivity contribution in [3.05, 3.63) is 41.3 Å². The van der Waals surface area contributed by atoms with Gasteiger partial charge in [0, 0.05) is 0 Å². The van der Waals surface area contributed by atoms with E-state index in [1.807, 2.05) is 31.2 Å². The van der Waals surface area contributed by atoms with Crippen molar-refractivity contribution < 1.29 is 4.74 Å². The van der Waals surface area contributed by atoms with Gasteiger partial charge in [0.05, 0.1) is 6.20 Å². The molecule has 3 rings (SSSR count). The number of fused-ring (bicyclic) bond motifs is 1. The molecule has 6 heteroatoms. The Balaban J connectivity index is 2.10. The fourth-order valence-electron chi connectivity index (χ4n) is 1.64. The highest BCUT2D eigenvalue weighted by Gasteiger charge is 2.11. The minimum Gasteiger partial charge on any atom is -0.438 e. The number of rotatable bonds is 2. The molecule has 0 radical (unpaired) electrons. The normalized spacial score (nSPS) is 10.8. The first kappa shape index (κ1) is 11.0. The fraction of sp³-hybridized carbons (Fsp3) is 0.0833. The molecule has 0 aliphatic carbocycles. The van der Waals surface area contributed by atoms with Crippen molar-refractivity contribution in [1.29, 1.82) is 0 Å². The molecule has 0 saturated carbocycles. The van der Waals surface area contributed by atoms with E-state index in [1.54, 1.807) is 6.20 Å². The van der Waals surface area contributed by atoms with Gasteiger partial charge >= 0.3 is 0 Å². The molecule has 0 aliphatic rings. The molecule has 1 aromatic carbocycles. The number of ether oxygens (including phenoxy) is 1. The van der Waals surface area contributed by atoms with Crippen LogP contribution in [0.4, 0.5) is 0 Å². The van der Waals surface area contributed by atoms with Gasteiger partial charge in [-0.05, 0) is 30.2 Å². The standard InChI is InChI=1S/C12H9ClN4O/c1-7-4-2-3-5-9(7)18-11-8-6-14-17-10(8)15-12(13)16-11/h2-6H,1H3,(H,14,15,16,17). The lowest BCUT2D eigenvalue weighted by atomic mass is 10.2. The molecule has 18 heavy (non-hydrogen) atoms. The molecule has 0 bridgehead atoms. The maximum atomic E-state index is 5.84. The Bertz CT molecular complexity index is 710. The lowest BCUT2D eigenvalue weighted by molar-refractivity contribution is 0.465. The number of hydrogen-bond donors (Lipinski definition) is 1. The van der Waals surface area contributed by atoms with Crippen molar-refractivity contribution in [3.63, 3.8) is 0 Å². The van der Waals surface area contributed by atoms with Crippen LogP contribution in [0.3, 0.4) is 0 Å². The maximum absolute atomic E-state index is 5.84. The Morgan fingerprint density at radius 3 is 2.89 bits per heavy atom. The van der Waals surface area contributed by atoms with Gasteiger partial charge in [-0.3, -0.25) is 5.10 Å². The number of hydrogen-bond acceptors (Lipinski definition) is 4. The number of aryl methyl sites for hydroxylation is 1. The Morgan fingerprint density at radius 1 is 1.22 bits per heavy atom. The summed E-state index contributed by atoms with van der Waals surface area (Å²) in [5, 5.41) is 7.45. The quantitative estimate of drug-likeness (QED) is 0.719. The molecule has 2 heterocycles. The molecule has 0 atom stereocenters. The molecule has 0 fully saturated rings. The van der Waals surface area contributed by atoms with Crippen molar-refractivity contribution in [2.24, 2.45) is 0 Å².